The fraction of sp³-hybridized carbons (Fsp3) is 0.750. The number of amides is 1. The van der Waals surface area contributed by atoms with Crippen molar-refractivity contribution in [3.8, 4) is 0 Å². The van der Waals surface area contributed by atoms with Gasteiger partial charge in [0.15, 0.2) is 0 Å². The molecule has 0 aliphatic carbocycles. The molecule has 0 aromatic heterocycles. The molecule has 0 radical (unpaired) electrons. The predicted octanol–water partition coefficient (Wildman–Crippen LogP) is -3.81. The summed E-state index contributed by atoms with van der Waals surface area (Å²) in [5.74, 6) is -1.22. The van der Waals surface area contributed by atoms with Gasteiger partial charge in [0.1, 0.15) is 0 Å². The van der Waals surface area contributed by atoms with E-state index in [2.05, 4.69) is 0 Å². The van der Waals surface area contributed by atoms with Crippen molar-refractivity contribution < 1.29 is 44.3 Å². The number of hydrogen-bond donors (Lipinski definition) is 0. The van der Waals surface area contributed by atoms with E-state index in [4.69, 9.17) is 0 Å². The van der Waals surface area contributed by atoms with Gasteiger partial charge in [-0.05, 0) is 13.8 Å². The third-order valence-electron chi connectivity index (χ3n) is 2.55. The van der Waals surface area contributed by atoms with Gasteiger partial charge in [0.2, 0.25) is 5.91 Å². The van der Waals surface area contributed by atoms with Crippen molar-refractivity contribution in [1.82, 2.24) is 4.90 Å². The Labute approximate surface area is 109 Å². The van der Waals surface area contributed by atoms with Gasteiger partial charge in [-0.3, -0.25) is 4.79 Å². The number of carboxylic acid groups (broad SMARTS) is 1. The standard InChI is InChI=1S/C8H11NO3S.Na/c1-8(2)6(7(11)12)9-4(10)3-5(9)13-8;/h5-6H,3H2,1-2H3,(H,11,12);/q;+1/p-1/t5-,6+;/m1./s1. The van der Waals surface area contributed by atoms with Crippen LogP contribution in [0.3, 0.4) is 0 Å². The molecule has 0 N–H and O–H groups in total. The molecule has 0 aromatic rings. The van der Waals surface area contributed by atoms with Gasteiger partial charge in [-0.15, -0.1) is 11.8 Å². The molecule has 1 amide bonds. The first kappa shape index (κ1) is 12.4. The average Bonchev–Trinajstić information content (AvgIpc) is 2.18. The van der Waals surface area contributed by atoms with E-state index < -0.39 is 16.8 Å². The minimum absolute atomic E-state index is 0. The van der Waals surface area contributed by atoms with Crippen molar-refractivity contribution in [3.63, 3.8) is 0 Å². The van der Waals surface area contributed by atoms with E-state index in [9.17, 15) is 14.7 Å². The Kier molecular flexibility index (Phi) is 3.27. The van der Waals surface area contributed by atoms with Crippen LogP contribution in [0.4, 0.5) is 0 Å². The van der Waals surface area contributed by atoms with Crippen molar-refractivity contribution in [2.75, 3.05) is 0 Å². The summed E-state index contributed by atoms with van der Waals surface area (Å²) < 4.78 is -0.421. The first-order valence-corrected chi connectivity index (χ1v) is 5.01. The normalized spacial score (nSPS) is 33.0. The maximum Gasteiger partial charge on any atom is 1.00 e. The molecule has 2 aliphatic rings. The largest absolute Gasteiger partial charge is 1.00 e. The number of rotatable bonds is 1. The Bertz CT molecular complexity index is 294. The summed E-state index contributed by atoms with van der Waals surface area (Å²) in [6.45, 7) is 3.67. The Morgan fingerprint density at radius 3 is 2.57 bits per heavy atom. The van der Waals surface area contributed by atoms with Crippen LogP contribution in [-0.2, 0) is 9.59 Å². The van der Waals surface area contributed by atoms with Gasteiger partial charge in [0, 0.05) is 4.75 Å². The zero-order valence-corrected chi connectivity index (χ0v) is 11.3. The molecule has 0 saturated carbocycles. The fourth-order valence-electron chi connectivity index (χ4n) is 1.96. The molecule has 0 bridgehead atoms. The summed E-state index contributed by atoms with van der Waals surface area (Å²) >= 11 is 1.54. The number of hydrogen-bond acceptors (Lipinski definition) is 4. The molecular weight excluding hydrogens is 213 g/mol. The summed E-state index contributed by atoms with van der Waals surface area (Å²) in [6, 6.07) is -0.760. The number of nitrogens with zero attached hydrogens (tertiary/aromatic N) is 1. The Hall–Kier alpha value is 0.290. The van der Waals surface area contributed by atoms with Gasteiger partial charge in [-0.25, -0.2) is 0 Å². The summed E-state index contributed by atoms with van der Waals surface area (Å²) in [4.78, 5) is 23.4. The van der Waals surface area contributed by atoms with Crippen molar-refractivity contribution in [2.24, 2.45) is 0 Å². The SMILES string of the molecule is CC1(C)S[C@@H]2CC(=O)N2[C@H]1C(=O)[O-].[Na+]. The molecule has 2 fully saturated rings. The maximum absolute atomic E-state index is 11.1. The number of carbonyl (C=O) groups excluding carboxylic acids is 2. The summed E-state index contributed by atoms with van der Waals surface area (Å²) in [7, 11) is 0. The Balaban J connectivity index is 0.000000980. The second kappa shape index (κ2) is 3.70. The van der Waals surface area contributed by atoms with E-state index in [0.717, 1.165) is 0 Å². The summed E-state index contributed by atoms with van der Waals surface area (Å²) in [6.07, 6.45) is 0.470. The molecule has 4 nitrogen and oxygen atoms in total. The van der Waals surface area contributed by atoms with Crippen molar-refractivity contribution in [3.05, 3.63) is 0 Å². The molecule has 6 heteroatoms. The van der Waals surface area contributed by atoms with Crippen LogP contribution in [0.25, 0.3) is 0 Å². The van der Waals surface area contributed by atoms with Gasteiger partial charge < -0.3 is 14.8 Å². The minimum Gasteiger partial charge on any atom is -0.548 e. The van der Waals surface area contributed by atoms with E-state index in [-0.39, 0.29) is 40.8 Å². The van der Waals surface area contributed by atoms with Gasteiger partial charge in [-0.1, -0.05) is 0 Å². The second-order valence-electron chi connectivity index (χ2n) is 3.90. The van der Waals surface area contributed by atoms with Gasteiger partial charge in [0.25, 0.3) is 0 Å². The average molecular weight is 223 g/mol. The van der Waals surface area contributed by atoms with E-state index in [1.165, 1.54) is 4.90 Å². The first-order chi connectivity index (χ1) is 5.93. The number of aliphatic carboxylic acids is 1. The van der Waals surface area contributed by atoms with Crippen LogP contribution in [0.2, 0.25) is 0 Å². The smallest absolute Gasteiger partial charge is 0.548 e. The maximum atomic E-state index is 11.1. The minimum atomic E-state index is -1.15. The van der Waals surface area contributed by atoms with Gasteiger partial charge in [-0.2, -0.15) is 0 Å². The quantitative estimate of drug-likeness (QED) is 0.338. The van der Waals surface area contributed by atoms with Crippen molar-refractivity contribution in [2.45, 2.75) is 36.4 Å². The number of carbonyl (C=O) groups is 2. The Morgan fingerprint density at radius 2 is 2.21 bits per heavy atom. The molecule has 2 rings (SSSR count). The molecule has 0 spiro atoms. The Morgan fingerprint density at radius 1 is 1.64 bits per heavy atom. The topological polar surface area (TPSA) is 60.4 Å². The second-order valence-corrected chi connectivity index (χ2v) is 5.73. The number of carboxylic acids is 1. The van der Waals surface area contributed by atoms with Crippen LogP contribution in [0, 0.1) is 0 Å². The van der Waals surface area contributed by atoms with Crippen LogP contribution in [-0.4, -0.2) is 32.9 Å². The molecular formula is C8H10NNaO3S. The fourth-order valence-corrected chi connectivity index (χ4v) is 3.58. The molecule has 2 aliphatic heterocycles. The van der Waals surface area contributed by atoms with E-state index in [1.807, 2.05) is 13.8 Å². The molecule has 2 atom stereocenters. The van der Waals surface area contributed by atoms with E-state index >= 15 is 0 Å². The molecule has 2 heterocycles. The van der Waals surface area contributed by atoms with Crippen molar-refractivity contribution >= 4 is 23.6 Å². The van der Waals surface area contributed by atoms with Crippen LogP contribution in [0.5, 0.6) is 0 Å². The van der Waals surface area contributed by atoms with Crippen LogP contribution in [0.15, 0.2) is 0 Å². The van der Waals surface area contributed by atoms with Gasteiger partial charge >= 0.3 is 29.6 Å². The first-order valence-electron chi connectivity index (χ1n) is 4.13. The molecule has 2 saturated heterocycles. The zero-order chi connectivity index (χ0) is 9.80. The molecule has 14 heavy (non-hydrogen) atoms. The van der Waals surface area contributed by atoms with Gasteiger partial charge in [0.05, 0.1) is 23.8 Å². The number of fused-ring (bicyclic) bond motifs is 1. The summed E-state index contributed by atoms with van der Waals surface area (Å²) in [5.41, 5.74) is 0. The molecule has 0 unspecified atom stereocenters. The third-order valence-corrected chi connectivity index (χ3v) is 4.04. The zero-order valence-electron chi connectivity index (χ0n) is 8.44. The van der Waals surface area contributed by atoms with Crippen LogP contribution < -0.4 is 34.7 Å². The molecule has 0 aromatic carbocycles. The van der Waals surface area contributed by atoms with Crippen molar-refractivity contribution in [1.29, 1.82) is 0 Å². The van der Waals surface area contributed by atoms with Crippen LogP contribution in [0.1, 0.15) is 20.3 Å². The third kappa shape index (κ3) is 1.60. The predicted molar refractivity (Wildman–Crippen MR) is 45.7 cm³/mol. The number of β-lactam (4-membered cyclic amide) rings is 1. The van der Waals surface area contributed by atoms with Crippen LogP contribution >= 0.6 is 11.8 Å². The molecule has 72 valence electrons. The summed E-state index contributed by atoms with van der Waals surface area (Å²) in [5, 5.41) is 10.9. The monoisotopic (exact) mass is 223 g/mol. The van der Waals surface area contributed by atoms with E-state index in [0.29, 0.717) is 6.42 Å². The van der Waals surface area contributed by atoms with E-state index in [1.54, 1.807) is 11.8 Å². The number of thioether (sulfide) groups is 1.